The normalized spacial score (nSPS) is 16.7. The number of rotatable bonds is 10. The molecular formula is C28H35N7O. The SMILES string of the molecule is CCCCc1cn(C2CCC2(CC)CC)c(=O)n1Cc1ccc(-c2ccccc2-c2nn[nH]n2)cn1. The first-order valence-corrected chi connectivity index (χ1v) is 13.2. The summed E-state index contributed by atoms with van der Waals surface area (Å²) in [5, 5.41) is 14.5. The van der Waals surface area contributed by atoms with Crippen LogP contribution in [-0.4, -0.2) is 34.7 Å². The van der Waals surface area contributed by atoms with Crippen LogP contribution in [-0.2, 0) is 13.0 Å². The van der Waals surface area contributed by atoms with E-state index < -0.39 is 0 Å². The van der Waals surface area contributed by atoms with Gasteiger partial charge in [0.2, 0.25) is 5.82 Å². The third-order valence-electron chi connectivity index (χ3n) is 8.21. The summed E-state index contributed by atoms with van der Waals surface area (Å²) in [7, 11) is 0. The molecule has 4 aromatic rings. The highest BCUT2D eigenvalue weighted by molar-refractivity contribution is 5.79. The van der Waals surface area contributed by atoms with Gasteiger partial charge in [0, 0.05) is 35.3 Å². The van der Waals surface area contributed by atoms with Crippen molar-refractivity contribution in [2.75, 3.05) is 0 Å². The third-order valence-corrected chi connectivity index (χ3v) is 8.21. The predicted octanol–water partition coefficient (Wildman–Crippen LogP) is 5.42. The number of aromatic nitrogens is 7. The molecule has 8 nitrogen and oxygen atoms in total. The van der Waals surface area contributed by atoms with Gasteiger partial charge in [0.05, 0.1) is 12.2 Å². The van der Waals surface area contributed by atoms with Gasteiger partial charge < -0.3 is 0 Å². The Morgan fingerprint density at radius 2 is 1.89 bits per heavy atom. The fourth-order valence-corrected chi connectivity index (χ4v) is 5.73. The Kier molecular flexibility index (Phi) is 6.85. The lowest BCUT2D eigenvalue weighted by molar-refractivity contribution is 0.0281. The highest BCUT2D eigenvalue weighted by atomic mass is 16.1. The van der Waals surface area contributed by atoms with E-state index in [2.05, 4.69) is 53.7 Å². The van der Waals surface area contributed by atoms with Gasteiger partial charge in [-0.25, -0.2) is 4.79 Å². The van der Waals surface area contributed by atoms with E-state index in [1.807, 2.05) is 45.7 Å². The summed E-state index contributed by atoms with van der Waals surface area (Å²) in [5.74, 6) is 0.550. The molecule has 8 heteroatoms. The zero-order valence-electron chi connectivity index (χ0n) is 21.4. The minimum atomic E-state index is 0.102. The summed E-state index contributed by atoms with van der Waals surface area (Å²) in [5.41, 5.74) is 5.20. The van der Waals surface area contributed by atoms with Gasteiger partial charge in [0.15, 0.2) is 0 Å². The largest absolute Gasteiger partial charge is 0.328 e. The van der Waals surface area contributed by atoms with E-state index in [0.717, 1.165) is 66.6 Å². The van der Waals surface area contributed by atoms with E-state index >= 15 is 0 Å². The topological polar surface area (TPSA) is 94.3 Å². The summed E-state index contributed by atoms with van der Waals surface area (Å²) < 4.78 is 3.98. The molecule has 188 valence electrons. The zero-order chi connectivity index (χ0) is 25.1. The fraction of sp³-hybridized carbons (Fsp3) is 0.464. The monoisotopic (exact) mass is 485 g/mol. The molecule has 1 aromatic carbocycles. The molecule has 0 radical (unpaired) electrons. The van der Waals surface area contributed by atoms with Crippen molar-refractivity contribution >= 4 is 0 Å². The van der Waals surface area contributed by atoms with Crippen LogP contribution in [0.1, 0.15) is 76.7 Å². The molecule has 1 saturated carbocycles. The van der Waals surface area contributed by atoms with Gasteiger partial charge in [-0.15, -0.1) is 10.2 Å². The Labute approximate surface area is 211 Å². The first-order valence-electron chi connectivity index (χ1n) is 13.2. The number of H-pyrrole nitrogens is 1. The summed E-state index contributed by atoms with van der Waals surface area (Å²) in [6.07, 6.45) is 11.6. The van der Waals surface area contributed by atoms with Gasteiger partial charge in [0.1, 0.15) is 0 Å². The molecule has 3 heterocycles. The van der Waals surface area contributed by atoms with E-state index in [1.54, 1.807) is 0 Å². The molecule has 1 atom stereocenters. The second-order valence-corrected chi connectivity index (χ2v) is 9.94. The first kappa shape index (κ1) is 24.2. The Morgan fingerprint density at radius 1 is 1.08 bits per heavy atom. The van der Waals surface area contributed by atoms with E-state index in [4.69, 9.17) is 4.98 Å². The molecule has 5 rings (SSSR count). The second kappa shape index (κ2) is 10.2. The maximum atomic E-state index is 13.7. The average molecular weight is 486 g/mol. The molecule has 0 spiro atoms. The Balaban J connectivity index is 1.44. The molecular weight excluding hydrogens is 450 g/mol. The minimum Gasteiger partial charge on any atom is -0.295 e. The highest BCUT2D eigenvalue weighted by Crippen LogP contribution is 2.54. The maximum Gasteiger partial charge on any atom is 0.328 e. The number of imidazole rings is 1. The number of tetrazole rings is 1. The van der Waals surface area contributed by atoms with Crippen molar-refractivity contribution in [2.24, 2.45) is 5.41 Å². The third kappa shape index (κ3) is 4.29. The molecule has 36 heavy (non-hydrogen) atoms. The van der Waals surface area contributed by atoms with E-state index in [-0.39, 0.29) is 11.1 Å². The lowest BCUT2D eigenvalue weighted by Gasteiger charge is -2.49. The lowest BCUT2D eigenvalue weighted by atomic mass is 9.61. The first-order chi connectivity index (χ1) is 17.6. The summed E-state index contributed by atoms with van der Waals surface area (Å²) in [6.45, 7) is 7.20. The number of benzene rings is 1. The maximum absolute atomic E-state index is 13.7. The summed E-state index contributed by atoms with van der Waals surface area (Å²) >= 11 is 0. The number of hydrogen-bond acceptors (Lipinski definition) is 5. The number of nitrogens with one attached hydrogen (secondary N) is 1. The summed E-state index contributed by atoms with van der Waals surface area (Å²) in [6, 6.07) is 12.3. The van der Waals surface area contributed by atoms with Gasteiger partial charge in [-0.05, 0) is 60.8 Å². The second-order valence-electron chi connectivity index (χ2n) is 9.94. The number of hydrogen-bond donors (Lipinski definition) is 1. The Morgan fingerprint density at radius 3 is 2.50 bits per heavy atom. The van der Waals surface area contributed by atoms with Gasteiger partial charge in [0.25, 0.3) is 0 Å². The number of pyridine rings is 1. The lowest BCUT2D eigenvalue weighted by Crippen LogP contribution is -2.44. The van der Waals surface area contributed by atoms with Gasteiger partial charge in [-0.2, -0.15) is 5.21 Å². The Bertz CT molecular complexity index is 1340. The predicted molar refractivity (Wildman–Crippen MR) is 141 cm³/mol. The average Bonchev–Trinajstić information content (AvgIpc) is 3.53. The molecule has 1 fully saturated rings. The fourth-order valence-electron chi connectivity index (χ4n) is 5.73. The van der Waals surface area contributed by atoms with Gasteiger partial charge in [-0.1, -0.05) is 57.5 Å². The van der Waals surface area contributed by atoms with Crippen LogP contribution in [0.4, 0.5) is 0 Å². The minimum absolute atomic E-state index is 0.102. The van der Waals surface area contributed by atoms with Crippen LogP contribution in [0.25, 0.3) is 22.5 Å². The molecule has 3 aromatic heterocycles. The van der Waals surface area contributed by atoms with E-state index in [1.165, 1.54) is 6.42 Å². The van der Waals surface area contributed by atoms with Crippen LogP contribution in [0, 0.1) is 5.41 Å². The number of nitrogens with zero attached hydrogens (tertiary/aromatic N) is 6. The zero-order valence-corrected chi connectivity index (χ0v) is 21.4. The van der Waals surface area contributed by atoms with E-state index in [9.17, 15) is 4.79 Å². The molecule has 0 amide bonds. The smallest absolute Gasteiger partial charge is 0.295 e. The van der Waals surface area contributed by atoms with E-state index in [0.29, 0.717) is 18.4 Å². The molecule has 1 N–H and O–H groups in total. The van der Waals surface area contributed by atoms with Crippen molar-refractivity contribution in [2.45, 2.75) is 78.3 Å². The molecule has 0 bridgehead atoms. The van der Waals surface area contributed by atoms with Crippen molar-refractivity contribution in [3.8, 4) is 22.5 Å². The van der Waals surface area contributed by atoms with Crippen LogP contribution >= 0.6 is 0 Å². The van der Waals surface area contributed by atoms with Crippen molar-refractivity contribution in [1.82, 2.24) is 34.7 Å². The van der Waals surface area contributed by atoms with Gasteiger partial charge in [-0.3, -0.25) is 14.1 Å². The van der Waals surface area contributed by atoms with Crippen LogP contribution in [0.3, 0.4) is 0 Å². The van der Waals surface area contributed by atoms with Crippen molar-refractivity contribution in [3.05, 3.63) is 70.7 Å². The molecule has 0 saturated heterocycles. The molecule has 0 aliphatic heterocycles. The quantitative estimate of drug-likeness (QED) is 0.323. The highest BCUT2D eigenvalue weighted by Gasteiger charge is 2.45. The van der Waals surface area contributed by atoms with Crippen LogP contribution in [0.2, 0.25) is 0 Å². The van der Waals surface area contributed by atoms with Crippen molar-refractivity contribution in [3.63, 3.8) is 0 Å². The van der Waals surface area contributed by atoms with Crippen LogP contribution < -0.4 is 5.69 Å². The van der Waals surface area contributed by atoms with Gasteiger partial charge >= 0.3 is 5.69 Å². The van der Waals surface area contributed by atoms with Crippen LogP contribution in [0.15, 0.2) is 53.6 Å². The molecule has 1 aliphatic rings. The standard InChI is InChI=1S/C28H35N7O/c1-4-7-10-22-19-35(25-15-16-28(25,5-2)6-3)27(36)34(22)18-21-14-13-20(17-29-21)23-11-8-9-12-24(23)26-30-32-33-31-26/h8-9,11-14,17,19,25H,4-7,10,15-16,18H2,1-3H3,(H,30,31,32,33). The Hall–Kier alpha value is -3.55. The van der Waals surface area contributed by atoms with Crippen molar-refractivity contribution in [1.29, 1.82) is 0 Å². The molecule has 1 unspecified atom stereocenters. The number of unbranched alkanes of at least 4 members (excludes halogenated alkanes) is 1. The summed E-state index contributed by atoms with van der Waals surface area (Å²) in [4.78, 5) is 18.4. The van der Waals surface area contributed by atoms with Crippen LogP contribution in [0.5, 0.6) is 0 Å². The number of aryl methyl sites for hydroxylation is 1. The number of aromatic amines is 1. The van der Waals surface area contributed by atoms with Crippen molar-refractivity contribution < 1.29 is 0 Å². The molecule has 1 aliphatic carbocycles.